The van der Waals surface area contributed by atoms with Gasteiger partial charge in [-0.05, 0) is 50.5 Å². The van der Waals surface area contributed by atoms with Crippen molar-refractivity contribution >= 4 is 18.0 Å². The summed E-state index contributed by atoms with van der Waals surface area (Å²) in [5.74, 6) is -2.32. The van der Waals surface area contributed by atoms with Crippen LogP contribution < -0.4 is 15.2 Å². The van der Waals surface area contributed by atoms with Crippen LogP contribution in [0.3, 0.4) is 0 Å². The largest absolute Gasteiger partial charge is 0.511 e. The Labute approximate surface area is 280 Å². The van der Waals surface area contributed by atoms with Crippen molar-refractivity contribution in [2.45, 2.75) is 45.6 Å². The maximum atomic E-state index is 16.0. The number of nitrogen functional groups attached to an aromatic ring is 1. The SMILES string of the molecule is CC(=O)O.Cc1cc(OCCO)c(F)c([C@@H](Cc2ccc(C(=N)N)cc2)c2nc(OCOC(=O)OC(C)(C)CF)n(-c3ncccn3)n2)c1. The first-order valence-electron chi connectivity index (χ1n) is 14.7. The van der Waals surface area contributed by atoms with Crippen molar-refractivity contribution in [3.8, 4) is 17.7 Å². The number of aryl methyl sites for hydroxylation is 1. The monoisotopic (exact) mass is 685 g/mol. The van der Waals surface area contributed by atoms with Gasteiger partial charge >= 0.3 is 12.2 Å². The lowest BCUT2D eigenvalue weighted by atomic mass is 9.89. The third-order valence-electron chi connectivity index (χ3n) is 6.33. The highest BCUT2D eigenvalue weighted by Crippen LogP contribution is 2.35. The highest BCUT2D eigenvalue weighted by atomic mass is 19.1. The van der Waals surface area contributed by atoms with Gasteiger partial charge in [0.05, 0.1) is 12.5 Å². The van der Waals surface area contributed by atoms with Crippen LogP contribution in [-0.4, -0.2) is 85.2 Å². The van der Waals surface area contributed by atoms with Crippen LogP contribution in [0.5, 0.6) is 11.8 Å². The van der Waals surface area contributed by atoms with Gasteiger partial charge in [0, 0.05) is 30.4 Å². The molecule has 2 aromatic heterocycles. The number of carboxylic acids is 1. The first kappa shape index (κ1) is 37.7. The van der Waals surface area contributed by atoms with E-state index in [9.17, 15) is 14.3 Å². The number of nitrogens with two attached hydrogens (primary N) is 1. The second-order valence-electron chi connectivity index (χ2n) is 11.0. The fourth-order valence-electron chi connectivity index (χ4n) is 4.17. The Morgan fingerprint density at radius 3 is 2.37 bits per heavy atom. The molecule has 0 radical (unpaired) electrons. The molecule has 17 heteroatoms. The first-order valence-corrected chi connectivity index (χ1v) is 14.7. The van der Waals surface area contributed by atoms with E-state index in [1.165, 1.54) is 32.3 Å². The number of rotatable bonds is 14. The molecular weight excluding hydrogens is 648 g/mol. The second-order valence-corrected chi connectivity index (χ2v) is 11.0. The zero-order chi connectivity index (χ0) is 36.1. The summed E-state index contributed by atoms with van der Waals surface area (Å²) in [5, 5.41) is 28.9. The topological polar surface area (TPSA) is 218 Å². The van der Waals surface area contributed by atoms with Gasteiger partial charge in [-0.3, -0.25) is 10.2 Å². The number of benzene rings is 2. The molecule has 0 aliphatic rings. The van der Waals surface area contributed by atoms with Crippen molar-refractivity contribution in [1.82, 2.24) is 24.7 Å². The molecule has 2 aromatic carbocycles. The van der Waals surface area contributed by atoms with E-state index in [0.717, 1.165) is 17.2 Å². The molecule has 0 unspecified atom stereocenters. The lowest BCUT2D eigenvalue weighted by Crippen LogP contribution is -2.31. The Kier molecular flexibility index (Phi) is 13.4. The predicted molar refractivity (Wildman–Crippen MR) is 170 cm³/mol. The van der Waals surface area contributed by atoms with Crippen LogP contribution in [0.2, 0.25) is 0 Å². The molecule has 2 heterocycles. The van der Waals surface area contributed by atoms with Crippen molar-refractivity contribution in [3.05, 3.63) is 88.8 Å². The minimum atomic E-state index is -1.39. The number of alkyl halides is 1. The molecule has 0 aliphatic carbocycles. The number of aromatic nitrogens is 5. The maximum absolute atomic E-state index is 16.0. The normalized spacial score (nSPS) is 11.5. The summed E-state index contributed by atoms with van der Waals surface area (Å²) >= 11 is 0. The maximum Gasteiger partial charge on any atom is 0.511 e. The molecule has 0 spiro atoms. The highest BCUT2D eigenvalue weighted by molar-refractivity contribution is 5.94. The fourth-order valence-corrected chi connectivity index (χ4v) is 4.17. The number of halogens is 2. The average Bonchev–Trinajstić information content (AvgIpc) is 3.48. The first-order chi connectivity index (χ1) is 23.2. The number of amidine groups is 1. The number of nitrogens with one attached hydrogen (secondary N) is 1. The number of carboxylic acid groups (broad SMARTS) is 1. The lowest BCUT2D eigenvalue weighted by molar-refractivity contribution is -0.134. The van der Waals surface area contributed by atoms with Crippen molar-refractivity contribution in [2.75, 3.05) is 26.7 Å². The van der Waals surface area contributed by atoms with E-state index in [1.807, 2.05) is 0 Å². The number of hydrogen-bond acceptors (Lipinski definition) is 12. The van der Waals surface area contributed by atoms with Crippen LogP contribution in [0.4, 0.5) is 13.6 Å². The number of hydrogen-bond donors (Lipinski definition) is 4. The number of carbonyl (C=O) groups excluding carboxylic acids is 1. The molecule has 262 valence electrons. The highest BCUT2D eigenvalue weighted by Gasteiger charge is 2.29. The zero-order valence-electron chi connectivity index (χ0n) is 27.2. The van der Waals surface area contributed by atoms with Crippen LogP contribution >= 0.6 is 0 Å². The number of ether oxygens (including phenoxy) is 4. The van der Waals surface area contributed by atoms with Crippen molar-refractivity contribution in [2.24, 2.45) is 5.73 Å². The standard InChI is InChI=1S/C30H33F2N7O6.C2H4O2/c1-18-13-21(24(32)23(14-18)42-12-11-40)22(15-19-5-7-20(8-6-19)25(33)34)26-37-28(39(38-26)27-35-9-4-10-36-27)43-17-44-29(41)45-30(2,3)16-31;1-2(3)4/h4-10,13-14,22,40H,11-12,15-17H2,1-3H3,(H3,33,34);1H3,(H,3,4)/t22-;/m1./s1. The Morgan fingerprint density at radius 1 is 1.12 bits per heavy atom. The molecule has 15 nitrogen and oxygen atoms in total. The summed E-state index contributed by atoms with van der Waals surface area (Å²) in [6, 6.07) is 11.4. The Balaban J connectivity index is 0.00000154. The Morgan fingerprint density at radius 2 is 1.78 bits per heavy atom. The molecule has 5 N–H and O–H groups in total. The van der Waals surface area contributed by atoms with Crippen LogP contribution in [0.15, 0.2) is 54.9 Å². The Bertz CT molecular complexity index is 1720. The quantitative estimate of drug-likeness (QED) is 0.0642. The number of carbonyl (C=O) groups is 2. The third kappa shape index (κ3) is 11.2. The molecule has 0 fully saturated rings. The summed E-state index contributed by atoms with van der Waals surface area (Å²) < 4.78 is 51.2. The van der Waals surface area contributed by atoms with Crippen molar-refractivity contribution < 1.29 is 47.5 Å². The minimum absolute atomic E-state index is 0.0543. The molecule has 4 aromatic rings. The number of aliphatic hydroxyl groups excluding tert-OH is 1. The van der Waals surface area contributed by atoms with Crippen LogP contribution in [-0.2, 0) is 20.7 Å². The summed E-state index contributed by atoms with van der Waals surface area (Å²) in [7, 11) is 0. The van der Waals surface area contributed by atoms with E-state index in [0.29, 0.717) is 11.1 Å². The molecule has 0 amide bonds. The van der Waals surface area contributed by atoms with E-state index in [2.05, 4.69) is 20.1 Å². The van der Waals surface area contributed by atoms with Gasteiger partial charge in [0.15, 0.2) is 17.4 Å². The van der Waals surface area contributed by atoms with Crippen LogP contribution in [0, 0.1) is 18.2 Å². The van der Waals surface area contributed by atoms with E-state index in [-0.39, 0.29) is 54.6 Å². The lowest BCUT2D eigenvalue weighted by Gasteiger charge is -2.20. The average molecular weight is 686 g/mol. The molecule has 0 bridgehead atoms. The second kappa shape index (κ2) is 17.4. The van der Waals surface area contributed by atoms with Crippen molar-refractivity contribution in [1.29, 1.82) is 5.41 Å². The Hall–Kier alpha value is -5.71. The summed E-state index contributed by atoms with van der Waals surface area (Å²) in [5.41, 5.74) is 6.36. The number of aliphatic hydroxyl groups is 1. The fraction of sp³-hybridized carbons (Fsp3) is 0.344. The van der Waals surface area contributed by atoms with Gasteiger partial charge in [0.2, 0.25) is 6.79 Å². The van der Waals surface area contributed by atoms with Crippen LogP contribution in [0.1, 0.15) is 54.8 Å². The summed E-state index contributed by atoms with van der Waals surface area (Å²) in [6.45, 7) is 3.59. The molecular formula is C32H37F2N7O8. The van der Waals surface area contributed by atoms with Gasteiger partial charge in [-0.25, -0.2) is 23.5 Å². The molecule has 0 saturated carbocycles. The molecule has 0 saturated heterocycles. The molecule has 1 atom stereocenters. The van der Waals surface area contributed by atoms with Gasteiger partial charge in [-0.15, -0.1) is 9.78 Å². The van der Waals surface area contributed by atoms with Crippen molar-refractivity contribution in [3.63, 3.8) is 0 Å². The number of nitrogens with zero attached hydrogens (tertiary/aromatic N) is 5. The van der Waals surface area contributed by atoms with Gasteiger partial charge in [0.25, 0.3) is 11.9 Å². The molecule has 0 aliphatic heterocycles. The van der Waals surface area contributed by atoms with Gasteiger partial charge in [-0.1, -0.05) is 30.3 Å². The molecule has 4 rings (SSSR count). The van der Waals surface area contributed by atoms with E-state index in [1.54, 1.807) is 43.3 Å². The van der Waals surface area contributed by atoms with Gasteiger partial charge < -0.3 is 34.9 Å². The summed E-state index contributed by atoms with van der Waals surface area (Å²) in [6.07, 6.45) is 1.97. The minimum Gasteiger partial charge on any atom is -0.488 e. The van der Waals surface area contributed by atoms with E-state index in [4.69, 9.17) is 40.0 Å². The van der Waals surface area contributed by atoms with E-state index >= 15 is 4.39 Å². The third-order valence-corrected chi connectivity index (χ3v) is 6.33. The molecule has 49 heavy (non-hydrogen) atoms. The van der Waals surface area contributed by atoms with Crippen LogP contribution in [0.25, 0.3) is 5.95 Å². The zero-order valence-corrected chi connectivity index (χ0v) is 27.2. The smallest absolute Gasteiger partial charge is 0.488 e. The predicted octanol–water partition coefficient (Wildman–Crippen LogP) is 3.86. The van der Waals surface area contributed by atoms with Gasteiger partial charge in [0.1, 0.15) is 24.7 Å². The van der Waals surface area contributed by atoms with Gasteiger partial charge in [-0.2, -0.15) is 4.98 Å². The summed E-state index contributed by atoms with van der Waals surface area (Å²) in [4.78, 5) is 34.0. The van der Waals surface area contributed by atoms with E-state index < -0.39 is 42.9 Å². The number of aliphatic carboxylic acids is 1.